The van der Waals surface area contributed by atoms with E-state index in [2.05, 4.69) is 20.8 Å². The molecular weight excluding hydrogens is 282 g/mol. The molecular formula is C13H22BrNO2. The number of esters is 1. The van der Waals surface area contributed by atoms with Crippen LogP contribution in [0.25, 0.3) is 0 Å². The summed E-state index contributed by atoms with van der Waals surface area (Å²) in [5, 5.41) is 0.700. The molecule has 0 aromatic heterocycles. The van der Waals surface area contributed by atoms with Gasteiger partial charge in [0.15, 0.2) is 0 Å². The lowest BCUT2D eigenvalue weighted by Gasteiger charge is -2.44. The van der Waals surface area contributed by atoms with Crippen LogP contribution in [-0.2, 0) is 9.53 Å². The Morgan fingerprint density at radius 3 is 2.88 bits per heavy atom. The molecule has 0 aromatic rings. The van der Waals surface area contributed by atoms with Crippen molar-refractivity contribution < 1.29 is 9.53 Å². The van der Waals surface area contributed by atoms with Gasteiger partial charge in [0, 0.05) is 17.3 Å². The molecule has 3 nitrogen and oxygen atoms in total. The molecule has 0 spiro atoms. The zero-order valence-electron chi connectivity index (χ0n) is 10.4. The third-order valence-corrected chi connectivity index (χ3v) is 4.38. The average molecular weight is 304 g/mol. The highest BCUT2D eigenvalue weighted by Crippen LogP contribution is 2.30. The number of carbonyl (C=O) groups excluding carboxylic acids is 1. The van der Waals surface area contributed by atoms with Crippen molar-refractivity contribution in [1.82, 2.24) is 4.90 Å². The van der Waals surface area contributed by atoms with Gasteiger partial charge in [-0.15, -0.1) is 0 Å². The van der Waals surface area contributed by atoms with Crippen LogP contribution in [0.4, 0.5) is 0 Å². The summed E-state index contributed by atoms with van der Waals surface area (Å²) in [6, 6.07) is 0.675. The zero-order valence-corrected chi connectivity index (χ0v) is 12.0. The Morgan fingerprint density at radius 1 is 1.24 bits per heavy atom. The van der Waals surface area contributed by atoms with Crippen molar-refractivity contribution in [3.05, 3.63) is 0 Å². The number of piperidine rings is 2. The molecule has 2 fully saturated rings. The predicted octanol–water partition coefficient (Wildman–Crippen LogP) is 2.58. The van der Waals surface area contributed by atoms with Gasteiger partial charge in [0.1, 0.15) is 0 Å². The summed E-state index contributed by atoms with van der Waals surface area (Å²) >= 11 is 3.26. The summed E-state index contributed by atoms with van der Waals surface area (Å²) in [6.45, 7) is 3.13. The van der Waals surface area contributed by atoms with E-state index < -0.39 is 0 Å². The van der Waals surface area contributed by atoms with Gasteiger partial charge in [-0.1, -0.05) is 22.4 Å². The molecule has 4 heteroatoms. The second-order valence-corrected chi connectivity index (χ2v) is 5.92. The molecule has 2 heterocycles. The molecule has 0 unspecified atom stereocenters. The third kappa shape index (κ3) is 3.68. The highest BCUT2D eigenvalue weighted by molar-refractivity contribution is 9.09. The van der Waals surface area contributed by atoms with Gasteiger partial charge in [-0.2, -0.15) is 0 Å². The molecule has 2 saturated heterocycles. The van der Waals surface area contributed by atoms with Crippen LogP contribution >= 0.6 is 15.9 Å². The van der Waals surface area contributed by atoms with Crippen LogP contribution in [0.15, 0.2) is 0 Å². The van der Waals surface area contributed by atoms with Crippen LogP contribution in [0.3, 0.4) is 0 Å². The van der Waals surface area contributed by atoms with Gasteiger partial charge < -0.3 is 4.74 Å². The fraction of sp³-hybridized carbons (Fsp3) is 0.923. The lowest BCUT2D eigenvalue weighted by molar-refractivity contribution is -0.146. The van der Waals surface area contributed by atoms with Gasteiger partial charge in [-0.25, -0.2) is 0 Å². The quantitative estimate of drug-likeness (QED) is 0.590. The second kappa shape index (κ2) is 6.74. The van der Waals surface area contributed by atoms with E-state index in [9.17, 15) is 4.79 Å². The van der Waals surface area contributed by atoms with Crippen molar-refractivity contribution in [2.45, 2.75) is 44.6 Å². The SMILES string of the molecule is O=C(CCBr)OC[C@@H]1CCCN2CCCC[C@H]12. The lowest BCUT2D eigenvalue weighted by Crippen LogP contribution is -2.49. The van der Waals surface area contributed by atoms with Gasteiger partial charge in [0.25, 0.3) is 0 Å². The fourth-order valence-corrected chi connectivity index (χ4v) is 3.44. The first kappa shape index (κ1) is 13.3. The number of alkyl halides is 1. The van der Waals surface area contributed by atoms with Crippen LogP contribution in [0.1, 0.15) is 38.5 Å². The number of fused-ring (bicyclic) bond motifs is 1. The average Bonchev–Trinajstić information content (AvgIpc) is 2.36. The minimum absolute atomic E-state index is 0.0604. The second-order valence-electron chi connectivity index (χ2n) is 5.12. The first-order chi connectivity index (χ1) is 8.31. The van der Waals surface area contributed by atoms with Crippen LogP contribution in [-0.4, -0.2) is 41.9 Å². The van der Waals surface area contributed by atoms with Crippen molar-refractivity contribution in [3.63, 3.8) is 0 Å². The lowest BCUT2D eigenvalue weighted by atomic mass is 9.84. The van der Waals surface area contributed by atoms with E-state index in [-0.39, 0.29) is 5.97 Å². The smallest absolute Gasteiger partial charge is 0.306 e. The molecule has 0 radical (unpaired) electrons. The Labute approximate surface area is 112 Å². The summed E-state index contributed by atoms with van der Waals surface area (Å²) in [5.74, 6) is 0.512. The summed E-state index contributed by atoms with van der Waals surface area (Å²) in [5.41, 5.74) is 0. The monoisotopic (exact) mass is 303 g/mol. The normalized spacial score (nSPS) is 29.7. The maximum absolute atomic E-state index is 11.4. The molecule has 0 aromatic carbocycles. The Morgan fingerprint density at radius 2 is 2.06 bits per heavy atom. The van der Waals surface area contributed by atoms with Crippen LogP contribution < -0.4 is 0 Å². The maximum Gasteiger partial charge on any atom is 0.306 e. The van der Waals surface area contributed by atoms with Crippen molar-refractivity contribution in [2.75, 3.05) is 25.0 Å². The van der Waals surface area contributed by atoms with Crippen LogP contribution in [0.2, 0.25) is 0 Å². The van der Waals surface area contributed by atoms with Crippen molar-refractivity contribution >= 4 is 21.9 Å². The molecule has 98 valence electrons. The molecule has 0 saturated carbocycles. The van der Waals surface area contributed by atoms with Gasteiger partial charge in [0.05, 0.1) is 13.0 Å². The number of rotatable bonds is 4. The van der Waals surface area contributed by atoms with E-state index in [0.717, 1.165) is 0 Å². The topological polar surface area (TPSA) is 29.5 Å². The van der Waals surface area contributed by atoms with Crippen molar-refractivity contribution in [1.29, 1.82) is 0 Å². The van der Waals surface area contributed by atoms with E-state index >= 15 is 0 Å². The number of hydrogen-bond donors (Lipinski definition) is 0. The molecule has 2 aliphatic heterocycles. The van der Waals surface area contributed by atoms with E-state index in [1.54, 1.807) is 0 Å². The number of ether oxygens (including phenoxy) is 1. The van der Waals surface area contributed by atoms with Crippen molar-refractivity contribution in [3.8, 4) is 0 Å². The molecule has 0 amide bonds. The first-order valence-electron chi connectivity index (χ1n) is 6.77. The Balaban J connectivity index is 1.80. The minimum Gasteiger partial charge on any atom is -0.465 e. The molecule has 0 N–H and O–H groups in total. The Bertz CT molecular complexity index is 258. The molecule has 2 atom stereocenters. The van der Waals surface area contributed by atoms with Gasteiger partial charge in [0.2, 0.25) is 0 Å². The largest absolute Gasteiger partial charge is 0.465 e. The third-order valence-electron chi connectivity index (χ3n) is 3.99. The highest BCUT2D eigenvalue weighted by Gasteiger charge is 2.33. The van der Waals surface area contributed by atoms with E-state index in [0.29, 0.717) is 30.3 Å². The summed E-state index contributed by atoms with van der Waals surface area (Å²) < 4.78 is 5.38. The maximum atomic E-state index is 11.4. The number of carbonyl (C=O) groups is 1. The molecule has 0 aliphatic carbocycles. The van der Waals surface area contributed by atoms with Crippen LogP contribution in [0, 0.1) is 5.92 Å². The van der Waals surface area contributed by atoms with E-state index in [1.807, 2.05) is 0 Å². The van der Waals surface area contributed by atoms with Gasteiger partial charge in [-0.3, -0.25) is 9.69 Å². The highest BCUT2D eigenvalue weighted by atomic mass is 79.9. The predicted molar refractivity (Wildman–Crippen MR) is 71.3 cm³/mol. The van der Waals surface area contributed by atoms with E-state index in [4.69, 9.17) is 4.74 Å². The van der Waals surface area contributed by atoms with Crippen molar-refractivity contribution in [2.24, 2.45) is 5.92 Å². The summed E-state index contributed by atoms with van der Waals surface area (Å²) in [7, 11) is 0. The standard InChI is InChI=1S/C13H22BrNO2/c14-7-6-13(16)17-10-11-4-3-9-15-8-2-1-5-12(11)15/h11-12H,1-10H2/t11-,12+/m0/s1. The Kier molecular flexibility index (Phi) is 5.29. The molecule has 17 heavy (non-hydrogen) atoms. The fourth-order valence-electron chi connectivity index (χ4n) is 3.12. The molecule has 2 rings (SSSR count). The number of hydrogen-bond acceptors (Lipinski definition) is 3. The summed E-state index contributed by atoms with van der Waals surface area (Å²) in [4.78, 5) is 14.0. The molecule has 2 aliphatic rings. The van der Waals surface area contributed by atoms with E-state index in [1.165, 1.54) is 45.2 Å². The zero-order chi connectivity index (χ0) is 12.1. The van der Waals surface area contributed by atoms with Gasteiger partial charge in [-0.05, 0) is 38.8 Å². The number of halogens is 1. The van der Waals surface area contributed by atoms with Gasteiger partial charge >= 0.3 is 5.97 Å². The van der Waals surface area contributed by atoms with Crippen LogP contribution in [0.5, 0.6) is 0 Å². The first-order valence-corrected chi connectivity index (χ1v) is 7.89. The minimum atomic E-state index is -0.0604. The number of nitrogens with zero attached hydrogens (tertiary/aromatic N) is 1. The molecule has 0 bridgehead atoms. The summed E-state index contributed by atoms with van der Waals surface area (Å²) in [6.07, 6.45) is 6.95. The Hall–Kier alpha value is -0.0900.